The predicted octanol–water partition coefficient (Wildman–Crippen LogP) is -0.0186. The average molecular weight is 302 g/mol. The van der Waals surface area contributed by atoms with Gasteiger partial charge in [-0.1, -0.05) is 0 Å². The Balaban J connectivity index is 1.56. The lowest BCUT2D eigenvalue weighted by molar-refractivity contribution is -0.122. The number of nitrogens with zero attached hydrogens (tertiary/aromatic N) is 5. The van der Waals surface area contributed by atoms with Crippen LogP contribution in [0.4, 0.5) is 0 Å². The van der Waals surface area contributed by atoms with Crippen LogP contribution in [0.2, 0.25) is 0 Å². The molecule has 3 rings (SSSR count). The minimum Gasteiger partial charge on any atom is -0.352 e. The monoisotopic (exact) mass is 302 g/mol. The van der Waals surface area contributed by atoms with Crippen molar-refractivity contribution in [3.63, 3.8) is 0 Å². The zero-order valence-electron chi connectivity index (χ0n) is 13.1. The van der Waals surface area contributed by atoms with Crippen LogP contribution in [0.1, 0.15) is 12.0 Å². The molecule has 7 nitrogen and oxygen atoms in total. The number of carbonyl (C=O) groups is 1. The second-order valence-corrected chi connectivity index (χ2v) is 5.94. The maximum atomic E-state index is 12.2. The Labute approximate surface area is 129 Å². The SMILES string of the molecule is CN1CCN(C)[C@H](CC(=O)NCc2cnn3cccnc23)C1. The molecule has 1 amide bonds. The van der Waals surface area contributed by atoms with E-state index in [1.54, 1.807) is 16.9 Å². The molecule has 3 heterocycles. The average Bonchev–Trinajstić information content (AvgIpc) is 2.92. The molecule has 22 heavy (non-hydrogen) atoms. The summed E-state index contributed by atoms with van der Waals surface area (Å²) in [5, 5.41) is 7.20. The highest BCUT2D eigenvalue weighted by Crippen LogP contribution is 2.10. The van der Waals surface area contributed by atoms with Crippen LogP contribution < -0.4 is 5.32 Å². The molecule has 7 heteroatoms. The standard InChI is InChI=1S/C15H22N6O/c1-19-6-7-20(2)13(11-19)8-14(22)17-9-12-10-18-21-5-3-4-16-15(12)21/h3-5,10,13H,6-9,11H2,1-2H3,(H,17,22)/t13-/m1/s1. The summed E-state index contributed by atoms with van der Waals surface area (Å²) in [6.07, 6.45) is 5.85. The van der Waals surface area contributed by atoms with Gasteiger partial charge in [0.15, 0.2) is 5.65 Å². The normalized spacial score (nSPS) is 20.4. The number of carbonyl (C=O) groups excluding carboxylic acids is 1. The van der Waals surface area contributed by atoms with Gasteiger partial charge >= 0.3 is 0 Å². The van der Waals surface area contributed by atoms with Gasteiger partial charge in [-0.15, -0.1) is 0 Å². The van der Waals surface area contributed by atoms with Crippen LogP contribution in [0.25, 0.3) is 5.65 Å². The molecule has 1 aliphatic rings. The number of amides is 1. The van der Waals surface area contributed by atoms with Crippen LogP contribution in [-0.4, -0.2) is 70.1 Å². The van der Waals surface area contributed by atoms with E-state index in [-0.39, 0.29) is 11.9 Å². The van der Waals surface area contributed by atoms with Gasteiger partial charge in [0.1, 0.15) is 0 Å². The minimum atomic E-state index is 0.0717. The second kappa shape index (κ2) is 6.41. The molecule has 1 atom stereocenters. The molecule has 1 fully saturated rings. The number of hydrogen-bond donors (Lipinski definition) is 1. The maximum Gasteiger partial charge on any atom is 0.221 e. The summed E-state index contributed by atoms with van der Waals surface area (Å²) in [4.78, 5) is 21.0. The molecule has 0 bridgehead atoms. The van der Waals surface area contributed by atoms with E-state index in [0.29, 0.717) is 13.0 Å². The summed E-state index contributed by atoms with van der Waals surface area (Å²) in [6.45, 7) is 3.46. The van der Waals surface area contributed by atoms with Gasteiger partial charge in [-0.3, -0.25) is 4.79 Å². The Morgan fingerprint density at radius 3 is 3.14 bits per heavy atom. The van der Waals surface area contributed by atoms with Gasteiger partial charge in [0.2, 0.25) is 5.91 Å². The van der Waals surface area contributed by atoms with Crippen LogP contribution in [0.5, 0.6) is 0 Å². The largest absolute Gasteiger partial charge is 0.352 e. The van der Waals surface area contributed by atoms with Gasteiger partial charge in [-0.05, 0) is 20.2 Å². The van der Waals surface area contributed by atoms with Crippen molar-refractivity contribution in [2.45, 2.75) is 19.0 Å². The van der Waals surface area contributed by atoms with Crippen LogP contribution in [-0.2, 0) is 11.3 Å². The van der Waals surface area contributed by atoms with Gasteiger partial charge in [-0.2, -0.15) is 5.10 Å². The number of nitrogens with one attached hydrogen (secondary N) is 1. The summed E-state index contributed by atoms with van der Waals surface area (Å²) in [6, 6.07) is 2.11. The summed E-state index contributed by atoms with van der Waals surface area (Å²) >= 11 is 0. The molecular formula is C15H22N6O. The third-order valence-corrected chi connectivity index (χ3v) is 4.23. The molecule has 2 aromatic rings. The van der Waals surface area contributed by atoms with E-state index in [4.69, 9.17) is 0 Å². The first kappa shape index (κ1) is 14.9. The van der Waals surface area contributed by atoms with Gasteiger partial charge in [0.05, 0.1) is 6.20 Å². The van der Waals surface area contributed by atoms with Gasteiger partial charge in [-0.25, -0.2) is 9.50 Å². The van der Waals surface area contributed by atoms with Crippen molar-refractivity contribution in [1.29, 1.82) is 0 Å². The lowest BCUT2D eigenvalue weighted by Gasteiger charge is -2.37. The molecule has 2 aromatic heterocycles. The minimum absolute atomic E-state index is 0.0717. The van der Waals surface area contributed by atoms with Crippen molar-refractivity contribution < 1.29 is 4.79 Å². The number of fused-ring (bicyclic) bond motifs is 1. The quantitative estimate of drug-likeness (QED) is 0.860. The van der Waals surface area contributed by atoms with E-state index >= 15 is 0 Å². The molecule has 0 unspecified atom stereocenters. The van der Waals surface area contributed by atoms with Gasteiger partial charge in [0, 0.05) is 56.6 Å². The van der Waals surface area contributed by atoms with E-state index in [0.717, 1.165) is 30.8 Å². The molecule has 1 aliphatic heterocycles. The Kier molecular flexibility index (Phi) is 4.35. The molecule has 0 saturated carbocycles. The highest BCUT2D eigenvalue weighted by Gasteiger charge is 2.24. The van der Waals surface area contributed by atoms with E-state index < -0.39 is 0 Å². The van der Waals surface area contributed by atoms with E-state index in [1.807, 2.05) is 12.3 Å². The maximum absolute atomic E-state index is 12.2. The van der Waals surface area contributed by atoms with E-state index in [9.17, 15) is 4.79 Å². The highest BCUT2D eigenvalue weighted by molar-refractivity contribution is 5.76. The molecule has 1 N–H and O–H groups in total. The first-order chi connectivity index (χ1) is 10.6. The van der Waals surface area contributed by atoms with Crippen LogP contribution in [0.15, 0.2) is 24.7 Å². The number of rotatable bonds is 4. The number of piperazine rings is 1. The highest BCUT2D eigenvalue weighted by atomic mass is 16.1. The van der Waals surface area contributed by atoms with Crippen LogP contribution in [0.3, 0.4) is 0 Å². The zero-order chi connectivity index (χ0) is 15.5. The van der Waals surface area contributed by atoms with Crippen molar-refractivity contribution >= 4 is 11.6 Å². The Morgan fingerprint density at radius 1 is 1.41 bits per heavy atom. The predicted molar refractivity (Wildman–Crippen MR) is 83.4 cm³/mol. The third-order valence-electron chi connectivity index (χ3n) is 4.23. The van der Waals surface area contributed by atoms with Crippen molar-refractivity contribution in [3.05, 3.63) is 30.2 Å². The Hall–Kier alpha value is -1.99. The van der Waals surface area contributed by atoms with Crippen molar-refractivity contribution in [2.24, 2.45) is 0 Å². The number of likely N-dealkylation sites (N-methyl/N-ethyl adjacent to an activating group) is 2. The van der Waals surface area contributed by atoms with Crippen LogP contribution in [0, 0.1) is 0 Å². The van der Waals surface area contributed by atoms with Crippen LogP contribution >= 0.6 is 0 Å². The molecule has 0 spiro atoms. The molecule has 0 aliphatic carbocycles. The molecule has 0 aromatic carbocycles. The summed E-state index contributed by atoms with van der Waals surface area (Å²) in [5.41, 5.74) is 1.72. The summed E-state index contributed by atoms with van der Waals surface area (Å²) < 4.78 is 1.71. The fourth-order valence-electron chi connectivity index (χ4n) is 2.80. The first-order valence-corrected chi connectivity index (χ1v) is 7.56. The first-order valence-electron chi connectivity index (χ1n) is 7.56. The van der Waals surface area contributed by atoms with E-state index in [2.05, 4.69) is 39.3 Å². The molecular weight excluding hydrogens is 280 g/mol. The van der Waals surface area contributed by atoms with Gasteiger partial charge in [0.25, 0.3) is 0 Å². The van der Waals surface area contributed by atoms with E-state index in [1.165, 1.54) is 0 Å². The topological polar surface area (TPSA) is 65.8 Å². The smallest absolute Gasteiger partial charge is 0.221 e. The number of aromatic nitrogens is 3. The van der Waals surface area contributed by atoms with Crippen molar-refractivity contribution in [2.75, 3.05) is 33.7 Å². The Morgan fingerprint density at radius 2 is 2.27 bits per heavy atom. The van der Waals surface area contributed by atoms with Crippen molar-refractivity contribution in [1.82, 2.24) is 29.7 Å². The Bertz CT molecular complexity index is 654. The van der Waals surface area contributed by atoms with Gasteiger partial charge < -0.3 is 15.1 Å². The lowest BCUT2D eigenvalue weighted by Crippen LogP contribution is -2.51. The second-order valence-electron chi connectivity index (χ2n) is 5.94. The molecule has 0 radical (unpaired) electrons. The van der Waals surface area contributed by atoms with Crippen molar-refractivity contribution in [3.8, 4) is 0 Å². The lowest BCUT2D eigenvalue weighted by atomic mass is 10.1. The third kappa shape index (κ3) is 3.26. The summed E-state index contributed by atoms with van der Waals surface area (Å²) in [7, 11) is 4.18. The fraction of sp³-hybridized carbons (Fsp3) is 0.533. The summed E-state index contributed by atoms with van der Waals surface area (Å²) in [5.74, 6) is 0.0717. The number of hydrogen-bond acceptors (Lipinski definition) is 5. The fourth-order valence-corrected chi connectivity index (χ4v) is 2.80. The zero-order valence-corrected chi connectivity index (χ0v) is 13.1. The molecule has 118 valence electrons. The molecule has 1 saturated heterocycles.